The van der Waals surface area contributed by atoms with Crippen LogP contribution in [0.2, 0.25) is 0 Å². The summed E-state index contributed by atoms with van der Waals surface area (Å²) in [6.07, 6.45) is 4.24. The Labute approximate surface area is 105 Å². The van der Waals surface area contributed by atoms with E-state index in [2.05, 4.69) is 4.98 Å². The fraction of sp³-hybridized carbons (Fsp3) is 0.538. The number of hydrogen-bond donors (Lipinski definition) is 2. The van der Waals surface area contributed by atoms with Crippen LogP contribution in [0.4, 0.5) is 0 Å². The Bertz CT molecular complexity index is 467. The van der Waals surface area contributed by atoms with Crippen LogP contribution >= 0.6 is 0 Å². The smallest absolute Gasteiger partial charge is 0.254 e. The van der Waals surface area contributed by atoms with E-state index in [0.717, 1.165) is 25.8 Å². The maximum absolute atomic E-state index is 12.2. The van der Waals surface area contributed by atoms with Crippen LogP contribution < -0.4 is 5.56 Å². The van der Waals surface area contributed by atoms with Gasteiger partial charge in [-0.15, -0.1) is 0 Å². The molecule has 1 aromatic heterocycles. The second-order valence-corrected chi connectivity index (χ2v) is 4.71. The van der Waals surface area contributed by atoms with Gasteiger partial charge in [0.25, 0.3) is 5.91 Å². The van der Waals surface area contributed by atoms with Gasteiger partial charge in [-0.2, -0.15) is 0 Å². The van der Waals surface area contributed by atoms with E-state index >= 15 is 0 Å². The van der Waals surface area contributed by atoms with Crippen LogP contribution in [0.3, 0.4) is 0 Å². The van der Waals surface area contributed by atoms with Crippen molar-refractivity contribution < 1.29 is 9.90 Å². The number of nitrogens with zero attached hydrogens (tertiary/aromatic N) is 1. The van der Waals surface area contributed by atoms with Gasteiger partial charge < -0.3 is 15.0 Å². The van der Waals surface area contributed by atoms with E-state index < -0.39 is 0 Å². The van der Waals surface area contributed by atoms with Crippen LogP contribution in [0, 0.1) is 5.92 Å². The van der Waals surface area contributed by atoms with Crippen molar-refractivity contribution in [1.82, 2.24) is 9.88 Å². The van der Waals surface area contributed by atoms with Crippen LogP contribution in [0.5, 0.6) is 0 Å². The molecule has 0 aromatic carbocycles. The van der Waals surface area contributed by atoms with Crippen LogP contribution in [0.25, 0.3) is 0 Å². The number of amides is 1. The lowest BCUT2D eigenvalue weighted by molar-refractivity contribution is 0.0653. The molecule has 1 unspecified atom stereocenters. The molecule has 0 saturated carbocycles. The van der Waals surface area contributed by atoms with Gasteiger partial charge in [-0.25, -0.2) is 0 Å². The third-order valence-corrected chi connectivity index (χ3v) is 3.37. The molecule has 1 aliphatic rings. The number of nitrogens with one attached hydrogen (secondary N) is 1. The fourth-order valence-corrected chi connectivity index (χ4v) is 2.43. The van der Waals surface area contributed by atoms with Crippen LogP contribution in [-0.4, -0.2) is 40.6 Å². The number of pyridine rings is 1. The normalized spacial score (nSPS) is 19.8. The molecule has 5 nitrogen and oxygen atoms in total. The zero-order valence-corrected chi connectivity index (χ0v) is 10.3. The fourth-order valence-electron chi connectivity index (χ4n) is 2.43. The van der Waals surface area contributed by atoms with Crippen molar-refractivity contribution in [3.05, 3.63) is 34.2 Å². The second kappa shape index (κ2) is 5.82. The zero-order valence-electron chi connectivity index (χ0n) is 10.3. The first-order valence-corrected chi connectivity index (χ1v) is 6.29. The molecular weight excluding hydrogens is 232 g/mol. The van der Waals surface area contributed by atoms with E-state index in [1.165, 1.54) is 12.3 Å². The maximum Gasteiger partial charge on any atom is 0.254 e. The molecule has 1 saturated heterocycles. The topological polar surface area (TPSA) is 73.4 Å². The van der Waals surface area contributed by atoms with Crippen molar-refractivity contribution in [2.75, 3.05) is 19.7 Å². The molecular formula is C13H18N2O3. The Morgan fingerprint density at radius 3 is 3.11 bits per heavy atom. The van der Waals surface area contributed by atoms with E-state index in [0.29, 0.717) is 18.0 Å². The SMILES string of the molecule is O=C(c1cc[nH]c(=O)c1)N1CCCC(CCO)C1. The highest BCUT2D eigenvalue weighted by Crippen LogP contribution is 2.20. The number of aliphatic hydroxyl groups excluding tert-OH is 1. The summed E-state index contributed by atoms with van der Waals surface area (Å²) >= 11 is 0. The second-order valence-electron chi connectivity index (χ2n) is 4.71. The van der Waals surface area contributed by atoms with Gasteiger partial charge in [-0.1, -0.05) is 0 Å². The van der Waals surface area contributed by atoms with E-state index in [1.54, 1.807) is 11.0 Å². The van der Waals surface area contributed by atoms with Crippen molar-refractivity contribution in [2.45, 2.75) is 19.3 Å². The van der Waals surface area contributed by atoms with Gasteiger partial charge in [0.05, 0.1) is 0 Å². The Balaban J connectivity index is 2.06. The monoisotopic (exact) mass is 250 g/mol. The van der Waals surface area contributed by atoms with Gasteiger partial charge >= 0.3 is 0 Å². The number of H-pyrrole nitrogens is 1. The van der Waals surface area contributed by atoms with Gasteiger partial charge in [-0.05, 0) is 31.2 Å². The Hall–Kier alpha value is -1.62. The molecule has 1 atom stereocenters. The third kappa shape index (κ3) is 2.98. The third-order valence-electron chi connectivity index (χ3n) is 3.37. The summed E-state index contributed by atoms with van der Waals surface area (Å²) in [5, 5.41) is 8.95. The van der Waals surface area contributed by atoms with Crippen molar-refractivity contribution in [1.29, 1.82) is 0 Å². The average molecular weight is 250 g/mol. The number of rotatable bonds is 3. The molecule has 0 aliphatic carbocycles. The summed E-state index contributed by atoms with van der Waals surface area (Å²) < 4.78 is 0. The highest BCUT2D eigenvalue weighted by molar-refractivity contribution is 5.94. The van der Waals surface area contributed by atoms with E-state index in [9.17, 15) is 9.59 Å². The predicted molar refractivity (Wildman–Crippen MR) is 67.4 cm³/mol. The minimum atomic E-state index is -0.259. The van der Waals surface area contributed by atoms with Crippen molar-refractivity contribution in [3.63, 3.8) is 0 Å². The molecule has 1 aromatic rings. The number of aliphatic hydroxyl groups is 1. The molecule has 1 fully saturated rings. The number of aromatic nitrogens is 1. The van der Waals surface area contributed by atoms with Gasteiger partial charge in [0.2, 0.25) is 5.56 Å². The summed E-state index contributed by atoms with van der Waals surface area (Å²) in [5.74, 6) is 0.276. The first-order valence-electron chi connectivity index (χ1n) is 6.29. The van der Waals surface area contributed by atoms with Crippen LogP contribution in [-0.2, 0) is 0 Å². The average Bonchev–Trinajstić information content (AvgIpc) is 2.39. The maximum atomic E-state index is 12.2. The summed E-state index contributed by atoms with van der Waals surface area (Å²) in [6, 6.07) is 2.96. The molecule has 98 valence electrons. The molecule has 2 rings (SSSR count). The lowest BCUT2D eigenvalue weighted by Gasteiger charge is -2.32. The molecule has 1 aliphatic heterocycles. The molecule has 5 heteroatoms. The lowest BCUT2D eigenvalue weighted by Crippen LogP contribution is -2.40. The van der Waals surface area contributed by atoms with Crippen LogP contribution in [0.15, 0.2) is 23.1 Å². The summed E-state index contributed by atoms with van der Waals surface area (Å²) in [7, 11) is 0. The first-order chi connectivity index (χ1) is 8.70. The molecule has 2 N–H and O–H groups in total. The molecule has 18 heavy (non-hydrogen) atoms. The Kier molecular flexibility index (Phi) is 4.15. The largest absolute Gasteiger partial charge is 0.396 e. The zero-order chi connectivity index (χ0) is 13.0. The van der Waals surface area contributed by atoms with E-state index in [-0.39, 0.29) is 18.1 Å². The van der Waals surface area contributed by atoms with Gasteiger partial charge in [0, 0.05) is 37.5 Å². The minimum Gasteiger partial charge on any atom is -0.396 e. The van der Waals surface area contributed by atoms with Gasteiger partial charge in [0.1, 0.15) is 0 Å². The quantitative estimate of drug-likeness (QED) is 0.825. The van der Waals surface area contributed by atoms with Crippen molar-refractivity contribution in [2.24, 2.45) is 5.92 Å². The summed E-state index contributed by atoms with van der Waals surface area (Å²) in [5.41, 5.74) is 0.174. The predicted octanol–water partition coefficient (Wildman–Crippen LogP) is 0.609. The number of piperidine rings is 1. The Morgan fingerprint density at radius 2 is 2.39 bits per heavy atom. The number of hydrogen-bond acceptors (Lipinski definition) is 3. The number of carbonyl (C=O) groups excluding carboxylic acids is 1. The highest BCUT2D eigenvalue weighted by Gasteiger charge is 2.24. The molecule has 1 amide bonds. The number of carbonyl (C=O) groups is 1. The van der Waals surface area contributed by atoms with Gasteiger partial charge in [-0.3, -0.25) is 9.59 Å². The first kappa shape index (κ1) is 12.8. The number of aromatic amines is 1. The molecule has 0 spiro atoms. The van der Waals surface area contributed by atoms with E-state index in [4.69, 9.17) is 5.11 Å². The molecule has 0 radical (unpaired) electrons. The Morgan fingerprint density at radius 1 is 1.56 bits per heavy atom. The summed E-state index contributed by atoms with van der Waals surface area (Å²) in [6.45, 7) is 1.57. The lowest BCUT2D eigenvalue weighted by atomic mass is 9.95. The van der Waals surface area contributed by atoms with Gasteiger partial charge in [0.15, 0.2) is 0 Å². The minimum absolute atomic E-state index is 0.0938. The molecule has 0 bridgehead atoms. The highest BCUT2D eigenvalue weighted by atomic mass is 16.3. The number of likely N-dealkylation sites (tertiary alicyclic amines) is 1. The van der Waals surface area contributed by atoms with Crippen molar-refractivity contribution in [3.8, 4) is 0 Å². The molecule has 2 heterocycles. The van der Waals surface area contributed by atoms with E-state index in [1.807, 2.05) is 0 Å². The summed E-state index contributed by atoms with van der Waals surface area (Å²) in [4.78, 5) is 27.7. The standard InChI is InChI=1S/C13H18N2O3/c16-7-4-10-2-1-6-15(9-10)13(18)11-3-5-14-12(17)8-11/h3,5,8,10,16H,1-2,4,6-7,9H2,(H,14,17). The van der Waals surface area contributed by atoms with Crippen molar-refractivity contribution >= 4 is 5.91 Å². The van der Waals surface area contributed by atoms with Crippen LogP contribution in [0.1, 0.15) is 29.6 Å².